The van der Waals surface area contributed by atoms with Crippen LogP contribution in [0.1, 0.15) is 18.1 Å². The quantitative estimate of drug-likeness (QED) is 0.555. The number of amides is 4. The summed E-state index contributed by atoms with van der Waals surface area (Å²) in [5, 5.41) is 5.11. The minimum absolute atomic E-state index is 0.114. The summed E-state index contributed by atoms with van der Waals surface area (Å²) in [6.07, 6.45) is 0. The van der Waals surface area contributed by atoms with Gasteiger partial charge in [0.25, 0.3) is 5.91 Å². The topological polar surface area (TPSA) is 125 Å². The summed E-state index contributed by atoms with van der Waals surface area (Å²) in [6.45, 7) is 4.17. The Labute approximate surface area is 175 Å². The first-order chi connectivity index (χ1) is 14.1. The van der Waals surface area contributed by atoms with Gasteiger partial charge in [-0.15, -0.1) is 0 Å². The number of urea groups is 1. The van der Waals surface area contributed by atoms with Crippen molar-refractivity contribution in [3.05, 3.63) is 35.4 Å². The number of imide groups is 1. The van der Waals surface area contributed by atoms with E-state index in [1.807, 2.05) is 19.1 Å². The van der Waals surface area contributed by atoms with E-state index in [0.717, 1.165) is 10.5 Å². The Morgan fingerprint density at radius 1 is 1.20 bits per heavy atom. The van der Waals surface area contributed by atoms with Crippen LogP contribution in [0.2, 0.25) is 0 Å². The lowest BCUT2D eigenvalue weighted by molar-refractivity contribution is -0.134. The second-order valence-corrected chi connectivity index (χ2v) is 9.58. The van der Waals surface area contributed by atoms with Crippen LogP contribution in [0.3, 0.4) is 0 Å². The second kappa shape index (κ2) is 8.70. The van der Waals surface area contributed by atoms with Gasteiger partial charge in [0.1, 0.15) is 12.1 Å². The number of carbonyl (C=O) groups is 3. The lowest BCUT2D eigenvalue weighted by Gasteiger charge is -2.26. The predicted molar refractivity (Wildman–Crippen MR) is 108 cm³/mol. The summed E-state index contributed by atoms with van der Waals surface area (Å²) >= 11 is 0. The van der Waals surface area contributed by atoms with Crippen molar-refractivity contribution in [2.75, 3.05) is 45.1 Å². The Morgan fingerprint density at radius 3 is 2.47 bits per heavy atom. The highest BCUT2D eigenvalue weighted by Gasteiger charge is 2.49. The molecule has 10 nitrogen and oxygen atoms in total. The Kier molecular flexibility index (Phi) is 6.44. The summed E-state index contributed by atoms with van der Waals surface area (Å²) < 4.78 is 31.0. The van der Waals surface area contributed by atoms with Crippen LogP contribution < -0.4 is 10.6 Å². The van der Waals surface area contributed by atoms with Gasteiger partial charge in [-0.1, -0.05) is 29.8 Å². The molecule has 2 heterocycles. The summed E-state index contributed by atoms with van der Waals surface area (Å²) in [6, 6.07) is 6.52. The molecule has 0 saturated carbocycles. The van der Waals surface area contributed by atoms with E-state index in [0.29, 0.717) is 18.8 Å². The molecule has 1 aromatic rings. The molecule has 2 fully saturated rings. The molecule has 4 amide bonds. The molecule has 30 heavy (non-hydrogen) atoms. The molecule has 2 N–H and O–H groups in total. The number of aryl methyl sites for hydroxylation is 1. The average Bonchev–Trinajstić information content (AvgIpc) is 2.93. The number of rotatable bonds is 7. The SMILES string of the molecule is Cc1ccc(C2(C)NC(=O)N(CC(=O)NCCS(=O)(=O)N3CCOCC3)C2=O)cc1. The first kappa shape index (κ1) is 22.2. The number of nitrogens with zero attached hydrogens (tertiary/aromatic N) is 2. The van der Waals surface area contributed by atoms with Gasteiger partial charge in [0.2, 0.25) is 15.9 Å². The van der Waals surface area contributed by atoms with Crippen molar-refractivity contribution in [2.24, 2.45) is 0 Å². The zero-order chi connectivity index (χ0) is 21.9. The van der Waals surface area contributed by atoms with Crippen molar-refractivity contribution in [1.82, 2.24) is 19.8 Å². The monoisotopic (exact) mass is 438 g/mol. The number of hydrogen-bond donors (Lipinski definition) is 2. The molecule has 1 aromatic carbocycles. The van der Waals surface area contributed by atoms with Gasteiger partial charge >= 0.3 is 6.03 Å². The fraction of sp³-hybridized carbons (Fsp3) is 0.526. The normalized spacial score (nSPS) is 22.8. The molecule has 2 saturated heterocycles. The number of ether oxygens (including phenoxy) is 1. The largest absolute Gasteiger partial charge is 0.379 e. The highest BCUT2D eigenvalue weighted by atomic mass is 32.2. The Morgan fingerprint density at radius 2 is 1.83 bits per heavy atom. The third kappa shape index (κ3) is 4.63. The van der Waals surface area contributed by atoms with E-state index in [9.17, 15) is 22.8 Å². The van der Waals surface area contributed by atoms with Gasteiger partial charge in [0.15, 0.2) is 0 Å². The predicted octanol–water partition coefficient (Wildman–Crippen LogP) is -0.460. The van der Waals surface area contributed by atoms with Gasteiger partial charge < -0.3 is 15.4 Å². The van der Waals surface area contributed by atoms with Crippen molar-refractivity contribution in [3.8, 4) is 0 Å². The maximum absolute atomic E-state index is 12.8. The van der Waals surface area contributed by atoms with Crippen molar-refractivity contribution in [3.63, 3.8) is 0 Å². The van der Waals surface area contributed by atoms with E-state index in [4.69, 9.17) is 4.74 Å². The Balaban J connectivity index is 1.55. The molecule has 164 valence electrons. The van der Waals surface area contributed by atoms with Crippen molar-refractivity contribution in [2.45, 2.75) is 19.4 Å². The number of hydrogen-bond acceptors (Lipinski definition) is 6. The molecule has 0 radical (unpaired) electrons. The van der Waals surface area contributed by atoms with E-state index >= 15 is 0 Å². The fourth-order valence-electron chi connectivity index (χ4n) is 3.40. The Hall–Kier alpha value is -2.50. The molecular weight excluding hydrogens is 412 g/mol. The minimum Gasteiger partial charge on any atom is -0.379 e. The smallest absolute Gasteiger partial charge is 0.325 e. The first-order valence-corrected chi connectivity index (χ1v) is 11.3. The molecule has 0 aromatic heterocycles. The van der Waals surface area contributed by atoms with Crippen LogP contribution in [0, 0.1) is 6.92 Å². The molecule has 2 aliphatic rings. The lowest BCUT2D eigenvalue weighted by atomic mass is 9.91. The van der Waals surface area contributed by atoms with Crippen LogP contribution in [0.5, 0.6) is 0 Å². The van der Waals surface area contributed by atoms with Crippen LogP contribution in [-0.4, -0.2) is 80.6 Å². The number of morpholine rings is 1. The number of carbonyl (C=O) groups excluding carboxylic acids is 3. The zero-order valence-corrected chi connectivity index (χ0v) is 17.8. The van der Waals surface area contributed by atoms with Crippen LogP contribution in [0.25, 0.3) is 0 Å². The molecule has 0 spiro atoms. The van der Waals surface area contributed by atoms with E-state index in [1.165, 1.54) is 4.31 Å². The molecule has 1 unspecified atom stereocenters. The summed E-state index contributed by atoms with van der Waals surface area (Å²) in [4.78, 5) is 38.2. The zero-order valence-electron chi connectivity index (χ0n) is 17.0. The van der Waals surface area contributed by atoms with Crippen LogP contribution in [-0.2, 0) is 29.9 Å². The van der Waals surface area contributed by atoms with Gasteiger partial charge in [0.05, 0.1) is 19.0 Å². The lowest BCUT2D eigenvalue weighted by Crippen LogP contribution is -2.46. The molecule has 1 atom stereocenters. The summed E-state index contributed by atoms with van der Waals surface area (Å²) in [5.41, 5.74) is 0.374. The Bertz CT molecular complexity index is 927. The molecule has 11 heteroatoms. The first-order valence-electron chi connectivity index (χ1n) is 9.67. The van der Waals surface area contributed by atoms with Crippen LogP contribution in [0.15, 0.2) is 24.3 Å². The fourth-order valence-corrected chi connectivity index (χ4v) is 4.72. The third-order valence-corrected chi connectivity index (χ3v) is 7.12. The van der Waals surface area contributed by atoms with Crippen molar-refractivity contribution in [1.29, 1.82) is 0 Å². The average molecular weight is 439 g/mol. The van der Waals surface area contributed by atoms with Crippen LogP contribution >= 0.6 is 0 Å². The van der Waals surface area contributed by atoms with Gasteiger partial charge in [-0.05, 0) is 19.4 Å². The maximum atomic E-state index is 12.8. The number of sulfonamides is 1. The van der Waals surface area contributed by atoms with Gasteiger partial charge in [-0.3, -0.25) is 14.5 Å². The highest BCUT2D eigenvalue weighted by Crippen LogP contribution is 2.28. The third-order valence-electron chi connectivity index (χ3n) is 5.25. The van der Waals surface area contributed by atoms with Gasteiger partial charge in [-0.2, -0.15) is 4.31 Å². The number of nitrogens with one attached hydrogen (secondary N) is 2. The van der Waals surface area contributed by atoms with Gasteiger partial charge in [-0.25, -0.2) is 13.2 Å². The molecule has 0 aliphatic carbocycles. The summed E-state index contributed by atoms with van der Waals surface area (Å²) in [7, 11) is -3.51. The molecule has 2 aliphatic heterocycles. The van der Waals surface area contributed by atoms with E-state index in [2.05, 4.69) is 10.6 Å². The highest BCUT2D eigenvalue weighted by molar-refractivity contribution is 7.89. The minimum atomic E-state index is -3.51. The second-order valence-electron chi connectivity index (χ2n) is 7.49. The molecule has 0 bridgehead atoms. The summed E-state index contributed by atoms with van der Waals surface area (Å²) in [5.74, 6) is -1.41. The van der Waals surface area contributed by atoms with Crippen molar-refractivity contribution < 1.29 is 27.5 Å². The van der Waals surface area contributed by atoms with Crippen LogP contribution in [0.4, 0.5) is 4.79 Å². The van der Waals surface area contributed by atoms with Crippen molar-refractivity contribution >= 4 is 27.9 Å². The van der Waals surface area contributed by atoms with Gasteiger partial charge in [0, 0.05) is 19.6 Å². The standard InChI is InChI=1S/C19H26N4O6S/c1-14-3-5-15(6-4-14)19(2)17(25)23(18(26)21-19)13-16(24)20-7-12-30(27,28)22-8-10-29-11-9-22/h3-6H,7-13H2,1-2H3,(H,20,24)(H,21,26). The van der Waals surface area contributed by atoms with E-state index < -0.39 is 40.0 Å². The molecule has 3 rings (SSSR count). The van der Waals surface area contributed by atoms with E-state index in [-0.39, 0.29) is 25.4 Å². The number of benzene rings is 1. The van der Waals surface area contributed by atoms with E-state index in [1.54, 1.807) is 19.1 Å². The molecular formula is C19H26N4O6S. The maximum Gasteiger partial charge on any atom is 0.325 e.